The van der Waals surface area contributed by atoms with Crippen LogP contribution in [-0.4, -0.2) is 10.3 Å². The van der Waals surface area contributed by atoms with Crippen LogP contribution in [0.4, 0.5) is 0 Å². The van der Waals surface area contributed by atoms with Crippen molar-refractivity contribution in [2.45, 2.75) is 78.5 Å². The lowest BCUT2D eigenvalue weighted by Gasteiger charge is -2.46. The van der Waals surface area contributed by atoms with Crippen LogP contribution in [0, 0.1) is 13.8 Å². The van der Waals surface area contributed by atoms with Crippen LogP contribution in [0.1, 0.15) is 65.5 Å². The van der Waals surface area contributed by atoms with Crippen molar-refractivity contribution >= 4 is 13.2 Å². The zero-order valence-corrected chi connectivity index (χ0v) is 15.0. The van der Waals surface area contributed by atoms with Gasteiger partial charge in [0.15, 0.2) is 0 Å². The van der Waals surface area contributed by atoms with E-state index in [1.54, 1.807) is 5.30 Å². The van der Waals surface area contributed by atoms with Gasteiger partial charge in [-0.15, -0.1) is 0 Å². The summed E-state index contributed by atoms with van der Waals surface area (Å²) in [5.74, 6) is 0. The van der Waals surface area contributed by atoms with E-state index in [0.29, 0.717) is 10.3 Å². The van der Waals surface area contributed by atoms with Crippen LogP contribution in [0.3, 0.4) is 0 Å². The molecule has 0 aliphatic rings. The Morgan fingerprint density at radius 2 is 1.37 bits per heavy atom. The normalized spacial score (nSPS) is 13.1. The Morgan fingerprint density at radius 1 is 0.895 bits per heavy atom. The summed E-state index contributed by atoms with van der Waals surface area (Å²) in [7, 11) is -0.180. The summed E-state index contributed by atoms with van der Waals surface area (Å²) in [6, 6.07) is 6.86. The molecule has 1 aromatic rings. The molecule has 0 N–H and O–H groups in total. The second kappa shape index (κ2) is 5.96. The summed E-state index contributed by atoms with van der Waals surface area (Å²) in [6.07, 6.45) is 2.49. The summed E-state index contributed by atoms with van der Waals surface area (Å²) in [5, 5.41) is 2.41. The third-order valence-electron chi connectivity index (χ3n) is 4.76. The molecule has 0 bridgehead atoms. The SMILES string of the molecule is CCC(C)(C)P(c1cccc(C)c1C)C(C)(C)CC. The Bertz CT molecular complexity index is 413. The molecule has 0 heterocycles. The van der Waals surface area contributed by atoms with Crippen molar-refractivity contribution in [1.82, 2.24) is 0 Å². The van der Waals surface area contributed by atoms with E-state index in [1.165, 1.54) is 24.0 Å². The highest BCUT2D eigenvalue weighted by Gasteiger charge is 2.39. The van der Waals surface area contributed by atoms with Gasteiger partial charge in [0.2, 0.25) is 0 Å². The second-order valence-electron chi connectivity index (χ2n) is 6.89. The van der Waals surface area contributed by atoms with E-state index in [1.807, 2.05) is 0 Å². The Morgan fingerprint density at radius 3 is 1.79 bits per heavy atom. The molecule has 1 aromatic carbocycles. The highest BCUT2D eigenvalue weighted by molar-refractivity contribution is 7.68. The number of hydrogen-bond acceptors (Lipinski definition) is 0. The molecule has 0 fully saturated rings. The lowest BCUT2D eigenvalue weighted by Crippen LogP contribution is -2.35. The summed E-state index contributed by atoms with van der Waals surface area (Å²) in [4.78, 5) is 0. The highest BCUT2D eigenvalue weighted by atomic mass is 31.1. The van der Waals surface area contributed by atoms with Crippen molar-refractivity contribution in [2.75, 3.05) is 0 Å². The minimum atomic E-state index is -0.180. The number of aryl methyl sites for hydroxylation is 1. The van der Waals surface area contributed by atoms with Crippen molar-refractivity contribution in [2.24, 2.45) is 0 Å². The summed E-state index contributed by atoms with van der Waals surface area (Å²) in [6.45, 7) is 19.0. The largest absolute Gasteiger partial charge is 0.0645 e. The molecule has 108 valence electrons. The third kappa shape index (κ3) is 3.40. The molecular formula is C18H31P. The average Bonchev–Trinajstić information content (AvgIpc) is 2.34. The van der Waals surface area contributed by atoms with Crippen LogP contribution in [0.5, 0.6) is 0 Å². The zero-order chi connectivity index (χ0) is 14.8. The molecule has 0 saturated heterocycles. The van der Waals surface area contributed by atoms with Crippen molar-refractivity contribution in [1.29, 1.82) is 0 Å². The topological polar surface area (TPSA) is 0 Å². The second-order valence-corrected chi connectivity index (χ2v) is 10.5. The van der Waals surface area contributed by atoms with E-state index in [-0.39, 0.29) is 7.92 Å². The molecule has 0 saturated carbocycles. The lowest BCUT2D eigenvalue weighted by atomic mass is 10.1. The monoisotopic (exact) mass is 278 g/mol. The standard InChI is InChI=1S/C18H31P/c1-9-17(5,6)19(18(7,8)10-2)16-13-11-12-14(3)15(16)4/h11-13H,9-10H2,1-8H3. The molecule has 0 radical (unpaired) electrons. The highest BCUT2D eigenvalue weighted by Crippen LogP contribution is 2.61. The van der Waals surface area contributed by atoms with E-state index >= 15 is 0 Å². The van der Waals surface area contributed by atoms with Crippen LogP contribution < -0.4 is 5.30 Å². The van der Waals surface area contributed by atoms with Gasteiger partial charge in [-0.25, -0.2) is 0 Å². The van der Waals surface area contributed by atoms with E-state index in [2.05, 4.69) is 73.6 Å². The van der Waals surface area contributed by atoms with Gasteiger partial charge in [-0.3, -0.25) is 0 Å². The fourth-order valence-electron chi connectivity index (χ4n) is 2.77. The van der Waals surface area contributed by atoms with Crippen LogP contribution in [0.15, 0.2) is 18.2 Å². The number of hydrogen-bond donors (Lipinski definition) is 0. The van der Waals surface area contributed by atoms with Gasteiger partial charge in [0.05, 0.1) is 0 Å². The molecular weight excluding hydrogens is 247 g/mol. The fraction of sp³-hybridized carbons (Fsp3) is 0.667. The van der Waals surface area contributed by atoms with Crippen molar-refractivity contribution in [3.63, 3.8) is 0 Å². The number of benzene rings is 1. The zero-order valence-electron chi connectivity index (χ0n) is 14.1. The predicted molar refractivity (Wildman–Crippen MR) is 91.2 cm³/mol. The maximum absolute atomic E-state index is 2.46. The third-order valence-corrected chi connectivity index (χ3v) is 8.78. The molecule has 1 heteroatoms. The van der Waals surface area contributed by atoms with E-state index in [0.717, 1.165) is 0 Å². The summed E-state index contributed by atoms with van der Waals surface area (Å²) in [5.41, 5.74) is 2.94. The van der Waals surface area contributed by atoms with Gasteiger partial charge in [0, 0.05) is 0 Å². The Kier molecular flexibility index (Phi) is 5.24. The van der Waals surface area contributed by atoms with E-state index in [4.69, 9.17) is 0 Å². The first kappa shape index (κ1) is 16.7. The molecule has 0 atom stereocenters. The minimum absolute atomic E-state index is 0.180. The minimum Gasteiger partial charge on any atom is -0.0645 e. The molecule has 1 rings (SSSR count). The maximum Gasteiger partial charge on any atom is -0.0109 e. The quantitative estimate of drug-likeness (QED) is 0.598. The summed E-state index contributed by atoms with van der Waals surface area (Å²) < 4.78 is 0. The Hall–Kier alpha value is -0.350. The van der Waals surface area contributed by atoms with Crippen LogP contribution >= 0.6 is 7.92 Å². The van der Waals surface area contributed by atoms with Gasteiger partial charge >= 0.3 is 0 Å². The average molecular weight is 278 g/mol. The van der Waals surface area contributed by atoms with Gasteiger partial charge in [-0.05, 0) is 53.4 Å². The lowest BCUT2D eigenvalue weighted by molar-refractivity contribution is 0.610. The van der Waals surface area contributed by atoms with Crippen molar-refractivity contribution in [3.05, 3.63) is 29.3 Å². The molecule has 19 heavy (non-hydrogen) atoms. The Balaban J connectivity index is 3.45. The molecule has 0 amide bonds. The fourth-order valence-corrected chi connectivity index (χ4v) is 7.09. The molecule has 0 unspecified atom stereocenters. The maximum atomic E-state index is 2.46. The van der Waals surface area contributed by atoms with E-state index in [9.17, 15) is 0 Å². The molecule has 0 aliphatic carbocycles. The Labute approximate surface area is 121 Å². The van der Waals surface area contributed by atoms with Gasteiger partial charge in [-0.2, -0.15) is 0 Å². The van der Waals surface area contributed by atoms with Crippen LogP contribution in [0.2, 0.25) is 0 Å². The van der Waals surface area contributed by atoms with Crippen LogP contribution in [-0.2, 0) is 0 Å². The predicted octanol–water partition coefficient (Wildman–Crippen LogP) is 5.79. The first-order valence-corrected chi connectivity index (χ1v) is 8.88. The number of rotatable bonds is 5. The van der Waals surface area contributed by atoms with Gasteiger partial charge in [-0.1, -0.05) is 67.7 Å². The van der Waals surface area contributed by atoms with Crippen molar-refractivity contribution in [3.8, 4) is 0 Å². The first-order valence-electron chi connectivity index (χ1n) is 7.54. The van der Waals surface area contributed by atoms with Crippen molar-refractivity contribution < 1.29 is 0 Å². The van der Waals surface area contributed by atoms with Crippen LogP contribution in [0.25, 0.3) is 0 Å². The molecule has 0 aliphatic heterocycles. The van der Waals surface area contributed by atoms with E-state index < -0.39 is 0 Å². The van der Waals surface area contributed by atoms with Gasteiger partial charge in [0.25, 0.3) is 0 Å². The molecule has 0 aromatic heterocycles. The smallest absolute Gasteiger partial charge is 0.0109 e. The first-order chi connectivity index (χ1) is 8.67. The molecule has 0 spiro atoms. The summed E-state index contributed by atoms with van der Waals surface area (Å²) >= 11 is 0. The molecule has 0 nitrogen and oxygen atoms in total. The van der Waals surface area contributed by atoms with Gasteiger partial charge < -0.3 is 0 Å². The van der Waals surface area contributed by atoms with Gasteiger partial charge in [0.1, 0.15) is 0 Å².